The number of anilines is 3. The summed E-state index contributed by atoms with van der Waals surface area (Å²) in [4.78, 5) is 34.0. The zero-order valence-corrected chi connectivity index (χ0v) is 25.2. The Bertz CT molecular complexity index is 2330. The van der Waals surface area contributed by atoms with Gasteiger partial charge in [0, 0.05) is 11.8 Å². The normalized spacial score (nSPS) is 12.0. The van der Waals surface area contributed by atoms with Crippen LogP contribution in [0.15, 0.2) is 92.7 Å². The number of aromatic amines is 1. The van der Waals surface area contributed by atoms with Crippen LogP contribution in [0.2, 0.25) is 0 Å². The molecule has 0 atom stereocenters. The van der Waals surface area contributed by atoms with Crippen LogP contribution in [0.4, 0.5) is 28.7 Å². The van der Waals surface area contributed by atoms with Crippen molar-refractivity contribution in [1.29, 1.82) is 0 Å². The first-order chi connectivity index (χ1) is 22.2. The molecule has 1 aromatic heterocycles. The summed E-state index contributed by atoms with van der Waals surface area (Å²) in [6.45, 7) is 0. The standard InChI is InChI=1S/C27H22N8O10S2/c28-45-46(40,41)16-11-15-12-20(35-47(42,43)44)23(34-33-18-9-5-4-8-17(18)25(37)38)24(36)22(15)19(13-16)29-26-30-21(31-27(39)32-26)10-14-6-2-1-3-7-14/h1-9,11-13,35-36H,10,28H2,(H,37,38)(H,42,43,44)(H2,29,30,31,32,39). The zero-order valence-electron chi connectivity index (χ0n) is 23.5. The molecule has 1 heterocycles. The molecule has 5 aromatic rings. The molecule has 0 bridgehead atoms. The molecule has 5 rings (SSSR count). The van der Waals surface area contributed by atoms with Crippen LogP contribution in [0.3, 0.4) is 0 Å². The van der Waals surface area contributed by atoms with E-state index in [2.05, 4.69) is 34.8 Å². The largest absolute Gasteiger partial charge is 0.505 e. The Kier molecular flexibility index (Phi) is 8.94. The summed E-state index contributed by atoms with van der Waals surface area (Å²) in [5, 5.41) is 30.9. The maximum absolute atomic E-state index is 12.6. The number of azo groups is 1. The lowest BCUT2D eigenvalue weighted by atomic mass is 10.0. The van der Waals surface area contributed by atoms with E-state index in [1.54, 1.807) is 35.1 Å². The predicted octanol–water partition coefficient (Wildman–Crippen LogP) is 3.27. The summed E-state index contributed by atoms with van der Waals surface area (Å²) >= 11 is 0. The van der Waals surface area contributed by atoms with Gasteiger partial charge >= 0.3 is 32.1 Å². The third-order valence-electron chi connectivity index (χ3n) is 6.37. The van der Waals surface area contributed by atoms with Gasteiger partial charge in [0.2, 0.25) is 5.95 Å². The number of phenols is 1. The first-order valence-corrected chi connectivity index (χ1v) is 15.8. The van der Waals surface area contributed by atoms with Gasteiger partial charge in [-0.05, 0) is 41.3 Å². The Morgan fingerprint density at radius 1 is 0.957 bits per heavy atom. The average molecular weight is 683 g/mol. The van der Waals surface area contributed by atoms with Crippen molar-refractivity contribution in [3.05, 3.63) is 100 Å². The average Bonchev–Trinajstić information content (AvgIpc) is 3.00. The fourth-order valence-corrected chi connectivity index (χ4v) is 5.50. The Morgan fingerprint density at radius 3 is 2.34 bits per heavy atom. The summed E-state index contributed by atoms with van der Waals surface area (Å²) in [6, 6.07) is 17.3. The van der Waals surface area contributed by atoms with Crippen LogP contribution < -0.4 is 21.6 Å². The summed E-state index contributed by atoms with van der Waals surface area (Å²) in [7, 11) is -9.65. The van der Waals surface area contributed by atoms with Crippen LogP contribution in [0, 0.1) is 0 Å². The highest BCUT2D eigenvalue weighted by atomic mass is 32.2. The minimum atomic E-state index is -5.02. The number of nitrogens with two attached hydrogens (primary N) is 1. The first kappa shape index (κ1) is 32.6. The Labute approximate surface area is 264 Å². The molecule has 0 aliphatic rings. The number of carbonyl (C=O) groups is 1. The third-order valence-corrected chi connectivity index (χ3v) is 7.91. The summed E-state index contributed by atoms with van der Waals surface area (Å²) in [5.74, 6) is 2.62. The Hall–Kier alpha value is -5.80. The predicted molar refractivity (Wildman–Crippen MR) is 166 cm³/mol. The van der Waals surface area contributed by atoms with Gasteiger partial charge in [-0.25, -0.2) is 9.59 Å². The van der Waals surface area contributed by atoms with Gasteiger partial charge in [-0.2, -0.15) is 37.0 Å². The first-order valence-electron chi connectivity index (χ1n) is 13.0. The van der Waals surface area contributed by atoms with E-state index in [-0.39, 0.29) is 45.9 Å². The summed E-state index contributed by atoms with van der Waals surface area (Å²) in [5.41, 5.74) is -1.96. The molecular formula is C27H22N8O10S2. The highest BCUT2D eigenvalue weighted by Gasteiger charge is 2.24. The molecule has 0 amide bonds. The lowest BCUT2D eigenvalue weighted by molar-refractivity contribution is 0.0697. The number of rotatable bonds is 11. The monoisotopic (exact) mass is 682 g/mol. The molecule has 0 unspecified atom stereocenters. The van der Waals surface area contributed by atoms with Gasteiger partial charge in [-0.3, -0.25) is 14.3 Å². The fourth-order valence-electron chi connectivity index (χ4n) is 4.42. The molecule has 20 heteroatoms. The van der Waals surface area contributed by atoms with Gasteiger partial charge in [-0.15, -0.1) is 10.2 Å². The maximum Gasteiger partial charge on any atom is 0.357 e. The van der Waals surface area contributed by atoms with E-state index in [0.29, 0.717) is 0 Å². The van der Waals surface area contributed by atoms with Gasteiger partial charge in [0.15, 0.2) is 11.4 Å². The number of phenolic OH excluding ortho intramolecular Hbond substituents is 1. The topological polar surface area (TPSA) is 289 Å². The molecule has 0 saturated carbocycles. The van der Waals surface area contributed by atoms with Crippen molar-refractivity contribution in [2.45, 2.75) is 11.3 Å². The quantitative estimate of drug-likeness (QED) is 0.0598. The SMILES string of the molecule is NOS(=O)(=O)c1cc(Nc2nc(Cc3ccccc3)[nH]c(=O)n2)c2c(O)c(N=Nc3ccccc3C(=O)O)c(NS(=O)(=O)O)cc2c1. The van der Waals surface area contributed by atoms with Crippen molar-refractivity contribution in [2.24, 2.45) is 16.1 Å². The number of aromatic nitrogens is 3. The number of benzene rings is 4. The molecule has 4 aromatic carbocycles. The van der Waals surface area contributed by atoms with Crippen LogP contribution in [0.5, 0.6) is 5.75 Å². The number of carboxylic acids is 1. The summed E-state index contributed by atoms with van der Waals surface area (Å²) in [6.07, 6.45) is 0.182. The van der Waals surface area contributed by atoms with Crippen molar-refractivity contribution in [3.63, 3.8) is 0 Å². The van der Waals surface area contributed by atoms with Crippen LogP contribution >= 0.6 is 0 Å². The maximum atomic E-state index is 12.6. The smallest absolute Gasteiger partial charge is 0.357 e. The fraction of sp³-hybridized carbons (Fsp3) is 0.0370. The lowest BCUT2D eigenvalue weighted by Crippen LogP contribution is -2.18. The Morgan fingerprint density at radius 2 is 1.66 bits per heavy atom. The number of hydrogen-bond acceptors (Lipinski definition) is 14. The van der Waals surface area contributed by atoms with E-state index in [0.717, 1.165) is 23.8 Å². The third kappa shape index (κ3) is 7.54. The number of aromatic carboxylic acids is 1. The molecule has 242 valence electrons. The molecule has 0 radical (unpaired) electrons. The molecule has 18 nitrogen and oxygen atoms in total. The van der Waals surface area contributed by atoms with E-state index < -0.39 is 54.1 Å². The number of fused-ring (bicyclic) bond motifs is 1. The highest BCUT2D eigenvalue weighted by molar-refractivity contribution is 7.87. The van der Waals surface area contributed by atoms with Crippen LogP contribution in [-0.4, -0.2) is 52.5 Å². The van der Waals surface area contributed by atoms with Gasteiger partial charge in [0.1, 0.15) is 11.5 Å². The van der Waals surface area contributed by atoms with E-state index in [1.807, 2.05) is 0 Å². The minimum absolute atomic E-state index is 0.174. The van der Waals surface area contributed by atoms with Gasteiger partial charge < -0.3 is 15.5 Å². The molecule has 0 fully saturated rings. The molecule has 0 saturated heterocycles. The molecule has 0 spiro atoms. The van der Waals surface area contributed by atoms with Crippen molar-refractivity contribution >= 4 is 65.9 Å². The molecule has 0 aliphatic heterocycles. The minimum Gasteiger partial charge on any atom is -0.505 e. The van der Waals surface area contributed by atoms with Gasteiger partial charge in [-0.1, -0.05) is 42.5 Å². The number of carboxylic acid groups (broad SMARTS) is 1. The van der Waals surface area contributed by atoms with Crippen molar-refractivity contribution in [2.75, 3.05) is 10.0 Å². The second-order valence-electron chi connectivity index (χ2n) is 9.55. The highest BCUT2D eigenvalue weighted by Crippen LogP contribution is 2.46. The van der Waals surface area contributed by atoms with Crippen LogP contribution in [0.25, 0.3) is 10.8 Å². The second-order valence-corrected chi connectivity index (χ2v) is 12.3. The number of nitrogens with one attached hydrogen (secondary N) is 3. The van der Waals surface area contributed by atoms with E-state index in [4.69, 9.17) is 5.90 Å². The van der Waals surface area contributed by atoms with Crippen molar-refractivity contribution < 1.29 is 40.7 Å². The lowest BCUT2D eigenvalue weighted by Gasteiger charge is -2.16. The molecule has 47 heavy (non-hydrogen) atoms. The summed E-state index contributed by atoms with van der Waals surface area (Å²) < 4.78 is 64.2. The van der Waals surface area contributed by atoms with E-state index in [9.17, 15) is 41.2 Å². The van der Waals surface area contributed by atoms with Crippen molar-refractivity contribution in [3.8, 4) is 5.75 Å². The molecule has 0 aliphatic carbocycles. The van der Waals surface area contributed by atoms with Crippen LogP contribution in [0.1, 0.15) is 21.7 Å². The molecular weight excluding hydrogens is 660 g/mol. The van der Waals surface area contributed by atoms with Crippen molar-refractivity contribution in [1.82, 2.24) is 15.0 Å². The Balaban J connectivity index is 1.73. The second kappa shape index (κ2) is 12.9. The van der Waals surface area contributed by atoms with Crippen LogP contribution in [-0.2, 0) is 31.1 Å². The van der Waals surface area contributed by atoms with Gasteiger partial charge in [0.05, 0.1) is 21.8 Å². The number of hydrogen-bond donors (Lipinski definition) is 7. The van der Waals surface area contributed by atoms with E-state index in [1.165, 1.54) is 24.3 Å². The number of nitrogens with zero attached hydrogens (tertiary/aromatic N) is 4. The zero-order chi connectivity index (χ0) is 33.9. The van der Waals surface area contributed by atoms with E-state index >= 15 is 0 Å². The molecule has 8 N–H and O–H groups in total. The van der Waals surface area contributed by atoms with Gasteiger partial charge in [0.25, 0.3) is 0 Å². The number of aromatic hydroxyl groups is 1. The number of H-pyrrole nitrogens is 1.